The Kier molecular flexibility index (Phi) is 7.00. The fourth-order valence-electron chi connectivity index (χ4n) is 2.96. The molecule has 0 bridgehead atoms. The van der Waals surface area contributed by atoms with Crippen LogP contribution in [0.4, 0.5) is 0 Å². The molecule has 2 aromatic rings. The van der Waals surface area contributed by atoms with Crippen molar-refractivity contribution in [3.63, 3.8) is 0 Å². The summed E-state index contributed by atoms with van der Waals surface area (Å²) in [4.78, 5) is 14.8. The fraction of sp³-hybridized carbons (Fsp3) is 0.286. The van der Waals surface area contributed by atoms with Crippen molar-refractivity contribution in [3.05, 3.63) is 76.3 Å². The highest BCUT2D eigenvalue weighted by Gasteiger charge is 2.19. The highest BCUT2D eigenvalue weighted by molar-refractivity contribution is 9.10. The standard InChI is InChI=1S/C21H23BrN2O2/c22-19-8-4-5-17(15-19)9-10-21(25)23-20(18-6-2-1-3-7-18)16-24-11-13-26-14-12-24/h1-10,15,20H,11-14,16H2,(H,23,25)/b10-9+/t20-/m0/s1. The largest absolute Gasteiger partial charge is 0.379 e. The van der Waals surface area contributed by atoms with E-state index < -0.39 is 0 Å². The summed E-state index contributed by atoms with van der Waals surface area (Å²) < 4.78 is 6.42. The monoisotopic (exact) mass is 414 g/mol. The number of carbonyl (C=O) groups is 1. The molecule has 1 amide bonds. The van der Waals surface area contributed by atoms with Crippen LogP contribution in [0.3, 0.4) is 0 Å². The molecule has 1 heterocycles. The summed E-state index contributed by atoms with van der Waals surface area (Å²) in [5.41, 5.74) is 2.10. The average Bonchev–Trinajstić information content (AvgIpc) is 2.67. The predicted molar refractivity (Wildman–Crippen MR) is 108 cm³/mol. The molecule has 4 nitrogen and oxygen atoms in total. The third-order valence-corrected chi connectivity index (χ3v) is 4.83. The van der Waals surface area contributed by atoms with Gasteiger partial charge in [-0.3, -0.25) is 9.69 Å². The number of nitrogens with zero attached hydrogens (tertiary/aromatic N) is 1. The van der Waals surface area contributed by atoms with Gasteiger partial charge in [-0.25, -0.2) is 0 Å². The summed E-state index contributed by atoms with van der Waals surface area (Å²) in [6, 6.07) is 17.9. The topological polar surface area (TPSA) is 41.6 Å². The van der Waals surface area contributed by atoms with E-state index in [1.165, 1.54) is 0 Å². The van der Waals surface area contributed by atoms with Crippen molar-refractivity contribution in [3.8, 4) is 0 Å². The van der Waals surface area contributed by atoms with E-state index in [0.717, 1.165) is 48.4 Å². The van der Waals surface area contributed by atoms with Gasteiger partial charge in [0.25, 0.3) is 0 Å². The lowest BCUT2D eigenvalue weighted by molar-refractivity contribution is -0.117. The van der Waals surface area contributed by atoms with E-state index in [2.05, 4.69) is 38.3 Å². The third kappa shape index (κ3) is 5.80. The van der Waals surface area contributed by atoms with Crippen molar-refractivity contribution < 1.29 is 9.53 Å². The number of hydrogen-bond acceptors (Lipinski definition) is 3. The van der Waals surface area contributed by atoms with Gasteiger partial charge in [-0.2, -0.15) is 0 Å². The summed E-state index contributed by atoms with van der Waals surface area (Å²) in [6.45, 7) is 4.07. The maximum Gasteiger partial charge on any atom is 0.244 e. The number of halogens is 1. The van der Waals surface area contributed by atoms with Crippen LogP contribution >= 0.6 is 15.9 Å². The summed E-state index contributed by atoms with van der Waals surface area (Å²) in [7, 11) is 0. The van der Waals surface area contributed by atoms with E-state index in [4.69, 9.17) is 4.74 Å². The Morgan fingerprint density at radius 1 is 1.15 bits per heavy atom. The molecule has 1 atom stereocenters. The average molecular weight is 415 g/mol. The summed E-state index contributed by atoms with van der Waals surface area (Å²) in [5, 5.41) is 3.15. The van der Waals surface area contributed by atoms with Crippen LogP contribution in [0.25, 0.3) is 6.08 Å². The third-order valence-electron chi connectivity index (χ3n) is 4.34. The Balaban J connectivity index is 1.67. The van der Waals surface area contributed by atoms with Crippen LogP contribution in [-0.2, 0) is 9.53 Å². The smallest absolute Gasteiger partial charge is 0.244 e. The van der Waals surface area contributed by atoms with Crippen molar-refractivity contribution in [1.29, 1.82) is 0 Å². The van der Waals surface area contributed by atoms with Crippen molar-refractivity contribution in [2.45, 2.75) is 6.04 Å². The molecule has 0 aliphatic carbocycles. The van der Waals surface area contributed by atoms with Crippen LogP contribution in [-0.4, -0.2) is 43.7 Å². The van der Waals surface area contributed by atoms with Gasteiger partial charge in [-0.05, 0) is 29.3 Å². The second kappa shape index (κ2) is 9.67. The molecule has 1 N–H and O–H groups in total. The summed E-state index contributed by atoms with van der Waals surface area (Å²) >= 11 is 3.45. The second-order valence-corrected chi connectivity index (χ2v) is 7.19. The van der Waals surface area contributed by atoms with Gasteiger partial charge in [0.15, 0.2) is 0 Å². The molecular formula is C21H23BrN2O2. The van der Waals surface area contributed by atoms with Crippen molar-refractivity contribution >= 4 is 27.9 Å². The lowest BCUT2D eigenvalue weighted by Gasteiger charge is -2.31. The van der Waals surface area contributed by atoms with E-state index in [1.54, 1.807) is 6.08 Å². The van der Waals surface area contributed by atoms with Gasteiger partial charge < -0.3 is 10.1 Å². The molecular weight excluding hydrogens is 392 g/mol. The molecule has 0 saturated carbocycles. The van der Waals surface area contributed by atoms with Crippen LogP contribution in [0.2, 0.25) is 0 Å². The number of hydrogen-bond donors (Lipinski definition) is 1. The van der Waals surface area contributed by atoms with Crippen molar-refractivity contribution in [1.82, 2.24) is 10.2 Å². The number of amides is 1. The van der Waals surface area contributed by atoms with E-state index >= 15 is 0 Å². The molecule has 0 radical (unpaired) electrons. The van der Waals surface area contributed by atoms with Crippen LogP contribution in [0.15, 0.2) is 65.1 Å². The zero-order valence-corrected chi connectivity index (χ0v) is 16.2. The van der Waals surface area contributed by atoms with E-state index in [9.17, 15) is 4.79 Å². The molecule has 1 fully saturated rings. The second-order valence-electron chi connectivity index (χ2n) is 6.27. The molecule has 0 aromatic heterocycles. The molecule has 0 spiro atoms. The quantitative estimate of drug-likeness (QED) is 0.733. The fourth-order valence-corrected chi connectivity index (χ4v) is 3.38. The van der Waals surface area contributed by atoms with Crippen LogP contribution in [0.1, 0.15) is 17.2 Å². The molecule has 26 heavy (non-hydrogen) atoms. The van der Waals surface area contributed by atoms with Crippen LogP contribution < -0.4 is 5.32 Å². The first-order chi connectivity index (χ1) is 12.7. The molecule has 136 valence electrons. The Bertz CT molecular complexity index is 743. The van der Waals surface area contributed by atoms with Gasteiger partial charge >= 0.3 is 0 Å². The lowest BCUT2D eigenvalue weighted by atomic mass is 10.1. The highest BCUT2D eigenvalue weighted by atomic mass is 79.9. The van der Waals surface area contributed by atoms with Crippen molar-refractivity contribution in [2.75, 3.05) is 32.8 Å². The van der Waals surface area contributed by atoms with Crippen molar-refractivity contribution in [2.24, 2.45) is 0 Å². The van der Waals surface area contributed by atoms with Gasteiger partial charge in [0.05, 0.1) is 19.3 Å². The first-order valence-corrected chi connectivity index (χ1v) is 9.59. The van der Waals surface area contributed by atoms with Gasteiger partial charge in [-0.1, -0.05) is 58.4 Å². The van der Waals surface area contributed by atoms with Crippen LogP contribution in [0.5, 0.6) is 0 Å². The Morgan fingerprint density at radius 3 is 2.65 bits per heavy atom. The maximum atomic E-state index is 12.5. The zero-order valence-electron chi connectivity index (χ0n) is 14.6. The Hall–Kier alpha value is -1.95. The Labute approximate surface area is 163 Å². The molecule has 1 saturated heterocycles. The van der Waals surface area contributed by atoms with E-state index in [0.29, 0.717) is 0 Å². The molecule has 1 aliphatic rings. The highest BCUT2D eigenvalue weighted by Crippen LogP contribution is 2.16. The molecule has 2 aromatic carbocycles. The lowest BCUT2D eigenvalue weighted by Crippen LogP contribution is -2.42. The van der Waals surface area contributed by atoms with Gasteiger partial charge in [0.2, 0.25) is 5.91 Å². The zero-order chi connectivity index (χ0) is 18.2. The number of nitrogens with one attached hydrogen (secondary N) is 1. The summed E-state index contributed by atoms with van der Waals surface area (Å²) in [5.74, 6) is -0.0907. The van der Waals surface area contributed by atoms with E-state index in [1.807, 2.05) is 48.5 Å². The van der Waals surface area contributed by atoms with Crippen LogP contribution in [0, 0.1) is 0 Å². The number of ether oxygens (including phenoxy) is 1. The minimum absolute atomic E-state index is 0.0473. The minimum Gasteiger partial charge on any atom is -0.379 e. The SMILES string of the molecule is O=C(/C=C/c1cccc(Br)c1)N[C@@H](CN1CCOCC1)c1ccccc1. The predicted octanol–water partition coefficient (Wildman–Crippen LogP) is 3.65. The van der Waals surface area contributed by atoms with Gasteiger partial charge in [-0.15, -0.1) is 0 Å². The number of morpholine rings is 1. The maximum absolute atomic E-state index is 12.5. The van der Waals surface area contributed by atoms with E-state index in [-0.39, 0.29) is 11.9 Å². The normalized spacial score (nSPS) is 16.5. The van der Waals surface area contributed by atoms with Gasteiger partial charge in [0, 0.05) is 30.2 Å². The first kappa shape index (κ1) is 18.8. The number of carbonyl (C=O) groups excluding carboxylic acids is 1. The molecule has 0 unspecified atom stereocenters. The molecule has 1 aliphatic heterocycles. The molecule has 5 heteroatoms. The molecule has 3 rings (SSSR count). The van der Waals surface area contributed by atoms with Gasteiger partial charge in [0.1, 0.15) is 0 Å². The number of rotatable bonds is 6. The first-order valence-electron chi connectivity index (χ1n) is 8.80. The number of benzene rings is 2. The minimum atomic E-state index is -0.0907. The summed E-state index contributed by atoms with van der Waals surface area (Å²) in [6.07, 6.45) is 3.42. The Morgan fingerprint density at radius 2 is 1.92 bits per heavy atom.